The third-order valence-corrected chi connectivity index (χ3v) is 5.04. The number of hydrogen-bond acceptors (Lipinski definition) is 7. The Morgan fingerprint density at radius 2 is 2.24 bits per heavy atom. The van der Waals surface area contributed by atoms with Crippen molar-refractivity contribution in [1.29, 1.82) is 0 Å². The summed E-state index contributed by atoms with van der Waals surface area (Å²) >= 11 is 1.40. The summed E-state index contributed by atoms with van der Waals surface area (Å²) in [6, 6.07) is 1.97. The van der Waals surface area contributed by atoms with Gasteiger partial charge in [0.2, 0.25) is 0 Å². The highest BCUT2D eigenvalue weighted by atomic mass is 32.1. The van der Waals surface area contributed by atoms with Crippen molar-refractivity contribution in [1.82, 2.24) is 19.5 Å². The first-order chi connectivity index (χ1) is 12.2. The first kappa shape index (κ1) is 16.0. The normalized spacial score (nSPS) is 14.1. The predicted octanol–water partition coefficient (Wildman–Crippen LogP) is 3.04. The molecule has 0 amide bonds. The number of hydrogen-bond donors (Lipinski definition) is 2. The molecule has 1 fully saturated rings. The summed E-state index contributed by atoms with van der Waals surface area (Å²) in [5, 5.41) is 5.74. The third kappa shape index (κ3) is 2.97. The van der Waals surface area contributed by atoms with Crippen molar-refractivity contribution in [2.45, 2.75) is 38.6 Å². The summed E-state index contributed by atoms with van der Waals surface area (Å²) < 4.78 is 1.75. The van der Waals surface area contributed by atoms with E-state index in [2.05, 4.69) is 27.2 Å². The molecule has 0 saturated heterocycles. The monoisotopic (exact) mass is 356 g/mol. The Balaban J connectivity index is 1.90. The van der Waals surface area contributed by atoms with E-state index >= 15 is 0 Å². The second kappa shape index (κ2) is 6.44. The van der Waals surface area contributed by atoms with E-state index < -0.39 is 0 Å². The van der Waals surface area contributed by atoms with Crippen LogP contribution in [0, 0.1) is 0 Å². The van der Waals surface area contributed by atoms with E-state index in [0.717, 1.165) is 32.2 Å². The molecule has 0 unspecified atom stereocenters. The lowest BCUT2D eigenvalue weighted by Gasteiger charge is -2.13. The van der Waals surface area contributed by atoms with Crippen molar-refractivity contribution in [3.8, 4) is 10.7 Å². The van der Waals surface area contributed by atoms with Crippen LogP contribution < -0.4 is 16.6 Å². The van der Waals surface area contributed by atoms with Crippen LogP contribution in [-0.2, 0) is 0 Å². The number of anilines is 2. The molecule has 0 atom stereocenters. The third-order valence-electron chi connectivity index (χ3n) is 4.26. The highest BCUT2D eigenvalue weighted by molar-refractivity contribution is 7.13. The minimum atomic E-state index is -0.137. The number of rotatable bonds is 6. The molecule has 0 aliphatic heterocycles. The van der Waals surface area contributed by atoms with Gasteiger partial charge in [0, 0.05) is 30.2 Å². The van der Waals surface area contributed by atoms with E-state index in [0.29, 0.717) is 33.4 Å². The fourth-order valence-electron chi connectivity index (χ4n) is 2.83. The van der Waals surface area contributed by atoms with E-state index in [9.17, 15) is 4.79 Å². The second-order valence-corrected chi connectivity index (χ2v) is 7.15. The number of nitrogens with one attached hydrogen (secondary N) is 1. The van der Waals surface area contributed by atoms with E-state index in [1.165, 1.54) is 11.3 Å². The number of nitrogens with two attached hydrogens (primary N) is 1. The van der Waals surface area contributed by atoms with Gasteiger partial charge in [0.15, 0.2) is 11.3 Å². The average Bonchev–Trinajstić information content (AvgIpc) is 3.28. The zero-order valence-corrected chi connectivity index (χ0v) is 14.8. The summed E-state index contributed by atoms with van der Waals surface area (Å²) in [6.45, 7) is 2.96. The molecule has 3 aromatic heterocycles. The van der Waals surface area contributed by atoms with Crippen LogP contribution in [0.5, 0.6) is 0 Å². The quantitative estimate of drug-likeness (QED) is 0.659. The molecule has 3 N–H and O–H groups in total. The fraction of sp³-hybridized carbons (Fsp3) is 0.412. The van der Waals surface area contributed by atoms with Gasteiger partial charge in [0.05, 0.1) is 5.69 Å². The maximum Gasteiger partial charge on any atom is 0.281 e. The molecule has 4 rings (SSSR count). The Morgan fingerprint density at radius 3 is 2.92 bits per heavy atom. The van der Waals surface area contributed by atoms with Gasteiger partial charge in [-0.25, -0.2) is 15.0 Å². The Hall–Kier alpha value is -2.48. The van der Waals surface area contributed by atoms with Crippen LogP contribution in [0.25, 0.3) is 21.9 Å². The first-order valence-electron chi connectivity index (χ1n) is 8.55. The maximum absolute atomic E-state index is 13.0. The van der Waals surface area contributed by atoms with E-state index in [1.807, 2.05) is 5.38 Å². The van der Waals surface area contributed by atoms with Gasteiger partial charge in [-0.15, -0.1) is 11.3 Å². The molecule has 25 heavy (non-hydrogen) atoms. The van der Waals surface area contributed by atoms with E-state index in [4.69, 9.17) is 5.73 Å². The lowest BCUT2D eigenvalue weighted by atomic mass is 10.3. The van der Waals surface area contributed by atoms with Crippen molar-refractivity contribution in [3.05, 3.63) is 28.0 Å². The van der Waals surface area contributed by atoms with Gasteiger partial charge < -0.3 is 11.1 Å². The van der Waals surface area contributed by atoms with Crippen molar-refractivity contribution in [2.75, 3.05) is 17.6 Å². The number of aromatic nitrogens is 4. The summed E-state index contributed by atoms with van der Waals surface area (Å²) in [5.41, 5.74) is 8.12. The van der Waals surface area contributed by atoms with Gasteiger partial charge in [0.1, 0.15) is 16.3 Å². The van der Waals surface area contributed by atoms with Crippen LogP contribution in [0.4, 0.5) is 11.5 Å². The molecule has 1 aliphatic carbocycles. The lowest BCUT2D eigenvalue weighted by molar-refractivity contribution is 0.726. The topological polar surface area (TPSA) is 98.7 Å². The van der Waals surface area contributed by atoms with Gasteiger partial charge >= 0.3 is 0 Å². The molecule has 3 heterocycles. The molecule has 1 saturated carbocycles. The van der Waals surface area contributed by atoms with Crippen LogP contribution >= 0.6 is 11.3 Å². The van der Waals surface area contributed by atoms with Crippen LogP contribution in [0.3, 0.4) is 0 Å². The molecule has 0 aromatic carbocycles. The molecular formula is C17H20N6OS. The minimum Gasteiger partial charge on any atom is -0.397 e. The van der Waals surface area contributed by atoms with Gasteiger partial charge in [-0.2, -0.15) is 0 Å². The van der Waals surface area contributed by atoms with E-state index in [1.54, 1.807) is 16.8 Å². The smallest absolute Gasteiger partial charge is 0.281 e. The molecule has 0 spiro atoms. The number of unbranched alkanes of at least 4 members (excludes halogenated alkanes) is 1. The van der Waals surface area contributed by atoms with Crippen LogP contribution in [0.2, 0.25) is 0 Å². The Bertz CT molecular complexity index is 961. The molecule has 7 nitrogen and oxygen atoms in total. The van der Waals surface area contributed by atoms with Crippen molar-refractivity contribution < 1.29 is 0 Å². The number of nitrogens with zero attached hydrogens (tertiary/aromatic N) is 4. The lowest BCUT2D eigenvalue weighted by Crippen LogP contribution is -2.24. The molecule has 1 aliphatic rings. The van der Waals surface area contributed by atoms with Crippen molar-refractivity contribution in [3.63, 3.8) is 0 Å². The molecule has 0 radical (unpaired) electrons. The Kier molecular flexibility index (Phi) is 4.12. The molecule has 0 bridgehead atoms. The first-order valence-corrected chi connectivity index (χ1v) is 9.43. The van der Waals surface area contributed by atoms with Gasteiger partial charge in [-0.3, -0.25) is 9.36 Å². The van der Waals surface area contributed by atoms with Crippen LogP contribution in [-0.4, -0.2) is 26.1 Å². The van der Waals surface area contributed by atoms with Gasteiger partial charge in [-0.1, -0.05) is 13.3 Å². The average molecular weight is 356 g/mol. The molecule has 3 aromatic rings. The number of thiazole rings is 1. The second-order valence-electron chi connectivity index (χ2n) is 6.25. The van der Waals surface area contributed by atoms with Crippen LogP contribution in [0.15, 0.2) is 22.4 Å². The summed E-state index contributed by atoms with van der Waals surface area (Å²) in [4.78, 5) is 26.4. The number of nitrogen functional groups attached to an aromatic ring is 1. The molecular weight excluding hydrogens is 336 g/mol. The minimum absolute atomic E-state index is 0.137. The Morgan fingerprint density at radius 1 is 1.40 bits per heavy atom. The zero-order chi connectivity index (χ0) is 17.4. The predicted molar refractivity (Wildman–Crippen MR) is 101 cm³/mol. The van der Waals surface area contributed by atoms with E-state index in [-0.39, 0.29) is 11.6 Å². The number of pyridine rings is 1. The van der Waals surface area contributed by atoms with Gasteiger partial charge in [0.25, 0.3) is 5.56 Å². The highest BCUT2D eigenvalue weighted by Crippen LogP contribution is 2.37. The molecule has 8 heteroatoms. The maximum atomic E-state index is 13.0. The largest absolute Gasteiger partial charge is 0.397 e. The Labute approximate surface area is 148 Å². The van der Waals surface area contributed by atoms with Crippen molar-refractivity contribution in [2.24, 2.45) is 0 Å². The fourth-order valence-corrected chi connectivity index (χ4v) is 3.45. The summed E-state index contributed by atoms with van der Waals surface area (Å²) in [7, 11) is 0. The van der Waals surface area contributed by atoms with Crippen molar-refractivity contribution >= 4 is 34.0 Å². The highest BCUT2D eigenvalue weighted by Gasteiger charge is 2.30. The summed E-state index contributed by atoms with van der Waals surface area (Å²) in [6.07, 6.45) is 5.78. The van der Waals surface area contributed by atoms with Crippen LogP contribution in [0.1, 0.15) is 38.6 Å². The molecule has 130 valence electrons. The standard InChI is InChI=1S/C17H20N6OS/c1-2-3-6-19-12-9-11(18)13-15(21-12)23(10-4-5-10)17(24)14(22-13)16-20-7-8-25-16/h7-10H,2-6H2,1H3,(H3,18,19,21). The summed E-state index contributed by atoms with van der Waals surface area (Å²) in [5.74, 6) is 0.691. The zero-order valence-electron chi connectivity index (χ0n) is 14.0. The SMILES string of the molecule is CCCCNc1cc(N)c2nc(-c3nccs3)c(=O)n(C3CC3)c2n1. The van der Waals surface area contributed by atoms with Gasteiger partial charge in [-0.05, 0) is 19.3 Å². The number of fused-ring (bicyclic) bond motifs is 1.